The first-order valence-corrected chi connectivity index (χ1v) is 6.04. The molecule has 94 valence electrons. The summed E-state index contributed by atoms with van der Waals surface area (Å²) in [5.74, 6) is -0.141. The Labute approximate surface area is 106 Å². The number of aryl methyl sites for hydroxylation is 1. The van der Waals surface area contributed by atoms with E-state index in [0.29, 0.717) is 10.7 Å². The van der Waals surface area contributed by atoms with Crippen LogP contribution in [-0.4, -0.2) is 53.2 Å². The highest BCUT2D eigenvalue weighted by Crippen LogP contribution is 2.25. The summed E-state index contributed by atoms with van der Waals surface area (Å²) < 4.78 is 1.86. The average molecular weight is 257 g/mol. The molecule has 0 fully saturated rings. The molecule has 0 radical (unpaired) electrons. The maximum atomic E-state index is 11.9. The van der Waals surface area contributed by atoms with Gasteiger partial charge in [0.2, 0.25) is 0 Å². The lowest BCUT2D eigenvalue weighted by molar-refractivity contribution is 0.0821. The van der Waals surface area contributed by atoms with Gasteiger partial charge in [-0.25, -0.2) is 0 Å². The summed E-state index contributed by atoms with van der Waals surface area (Å²) >= 11 is 6.26. The van der Waals surface area contributed by atoms with E-state index in [0.717, 1.165) is 31.7 Å². The number of amides is 1. The van der Waals surface area contributed by atoms with Crippen LogP contribution in [0.5, 0.6) is 0 Å². The summed E-state index contributed by atoms with van der Waals surface area (Å²) in [6, 6.07) is 0. The van der Waals surface area contributed by atoms with E-state index >= 15 is 0 Å². The van der Waals surface area contributed by atoms with E-state index in [1.807, 2.05) is 11.7 Å². The number of hydrogen-bond donors (Lipinski definition) is 0. The van der Waals surface area contributed by atoms with Crippen molar-refractivity contribution in [3.63, 3.8) is 0 Å². The van der Waals surface area contributed by atoms with Gasteiger partial charge in [0.15, 0.2) is 5.69 Å². The van der Waals surface area contributed by atoms with Gasteiger partial charge in [-0.1, -0.05) is 11.6 Å². The highest BCUT2D eigenvalue weighted by molar-refractivity contribution is 6.34. The fourth-order valence-electron chi connectivity index (χ4n) is 1.98. The van der Waals surface area contributed by atoms with Crippen molar-refractivity contribution in [2.75, 3.05) is 27.7 Å². The Morgan fingerprint density at radius 1 is 1.41 bits per heavy atom. The highest BCUT2D eigenvalue weighted by Gasteiger charge is 2.24. The molecular weight excluding hydrogens is 240 g/mol. The molecule has 2 heterocycles. The fourth-order valence-corrected chi connectivity index (χ4v) is 2.26. The van der Waals surface area contributed by atoms with Crippen molar-refractivity contribution < 1.29 is 4.79 Å². The van der Waals surface area contributed by atoms with Crippen LogP contribution in [0, 0.1) is 0 Å². The minimum absolute atomic E-state index is 0.141. The first-order chi connectivity index (χ1) is 8.00. The van der Waals surface area contributed by atoms with Gasteiger partial charge in [-0.3, -0.25) is 9.48 Å². The van der Waals surface area contributed by atoms with Crippen molar-refractivity contribution in [2.45, 2.75) is 19.5 Å². The molecule has 0 saturated carbocycles. The van der Waals surface area contributed by atoms with E-state index in [4.69, 9.17) is 11.6 Å². The van der Waals surface area contributed by atoms with Gasteiger partial charge in [0.05, 0.1) is 10.7 Å². The zero-order valence-electron chi connectivity index (χ0n) is 10.4. The number of nitrogens with zero attached hydrogens (tertiary/aromatic N) is 4. The van der Waals surface area contributed by atoms with Crippen molar-refractivity contribution >= 4 is 17.5 Å². The molecule has 2 rings (SSSR count). The summed E-state index contributed by atoms with van der Waals surface area (Å²) in [5.41, 5.74) is 1.30. The predicted octanol–water partition coefficient (Wildman–Crippen LogP) is 1.07. The first kappa shape index (κ1) is 12.4. The van der Waals surface area contributed by atoms with E-state index < -0.39 is 0 Å². The van der Waals surface area contributed by atoms with Crippen LogP contribution < -0.4 is 0 Å². The van der Waals surface area contributed by atoms with Crippen molar-refractivity contribution in [3.05, 3.63) is 16.4 Å². The number of hydrogen-bond acceptors (Lipinski definition) is 3. The predicted molar refractivity (Wildman–Crippen MR) is 66.2 cm³/mol. The number of carbonyl (C=O) groups is 1. The normalized spacial score (nSPS) is 16.5. The van der Waals surface area contributed by atoms with Crippen LogP contribution in [0.2, 0.25) is 5.02 Å². The van der Waals surface area contributed by atoms with E-state index in [9.17, 15) is 4.79 Å². The van der Waals surface area contributed by atoms with Gasteiger partial charge in [0.25, 0.3) is 5.91 Å². The zero-order chi connectivity index (χ0) is 12.6. The second-order valence-electron chi connectivity index (χ2n) is 4.62. The number of halogens is 1. The molecule has 1 aliphatic rings. The third-order valence-electron chi connectivity index (χ3n) is 2.93. The number of fused-ring (bicyclic) bond motifs is 1. The first-order valence-electron chi connectivity index (χ1n) is 5.66. The van der Waals surface area contributed by atoms with Crippen molar-refractivity contribution in [1.29, 1.82) is 0 Å². The standard InChI is InChI=1S/C11H17ClN4O/c1-14(2)11(17)10-9(12)8-7-15(3)5-4-6-16(8)13-10/h4-7H2,1-3H3. The molecule has 1 amide bonds. The second kappa shape index (κ2) is 4.66. The zero-order valence-corrected chi connectivity index (χ0v) is 11.2. The van der Waals surface area contributed by atoms with Crippen LogP contribution in [-0.2, 0) is 13.1 Å². The summed E-state index contributed by atoms with van der Waals surface area (Å²) in [5, 5.41) is 4.83. The highest BCUT2D eigenvalue weighted by atomic mass is 35.5. The topological polar surface area (TPSA) is 41.4 Å². The second-order valence-corrected chi connectivity index (χ2v) is 5.00. The minimum Gasteiger partial charge on any atom is -0.343 e. The molecule has 0 N–H and O–H groups in total. The van der Waals surface area contributed by atoms with Gasteiger partial charge in [-0.15, -0.1) is 0 Å². The van der Waals surface area contributed by atoms with Gasteiger partial charge in [0.1, 0.15) is 0 Å². The van der Waals surface area contributed by atoms with E-state index in [2.05, 4.69) is 10.00 Å². The van der Waals surface area contributed by atoms with Gasteiger partial charge < -0.3 is 9.80 Å². The Kier molecular flexibility index (Phi) is 3.40. The average Bonchev–Trinajstić information content (AvgIpc) is 2.47. The fraction of sp³-hybridized carbons (Fsp3) is 0.636. The molecule has 0 atom stereocenters. The van der Waals surface area contributed by atoms with Crippen LogP contribution in [0.15, 0.2) is 0 Å². The van der Waals surface area contributed by atoms with Crippen LogP contribution in [0.4, 0.5) is 0 Å². The Bertz CT molecular complexity index is 441. The number of rotatable bonds is 1. The molecule has 5 nitrogen and oxygen atoms in total. The SMILES string of the molecule is CN1CCCn2nc(C(=O)N(C)C)c(Cl)c2C1. The molecule has 1 aromatic rings. The summed E-state index contributed by atoms with van der Waals surface area (Å²) in [7, 11) is 5.46. The molecule has 0 saturated heterocycles. The monoisotopic (exact) mass is 256 g/mol. The quantitative estimate of drug-likeness (QED) is 0.755. The maximum absolute atomic E-state index is 11.9. The van der Waals surface area contributed by atoms with E-state index in [1.165, 1.54) is 4.90 Å². The molecule has 1 aliphatic heterocycles. The largest absolute Gasteiger partial charge is 0.343 e. The lowest BCUT2D eigenvalue weighted by Crippen LogP contribution is -2.23. The third-order valence-corrected chi connectivity index (χ3v) is 3.33. The molecule has 6 heteroatoms. The van der Waals surface area contributed by atoms with Crippen LogP contribution in [0.25, 0.3) is 0 Å². The van der Waals surface area contributed by atoms with E-state index in [1.54, 1.807) is 14.1 Å². The smallest absolute Gasteiger partial charge is 0.275 e. The molecule has 0 aromatic carbocycles. The van der Waals surface area contributed by atoms with Gasteiger partial charge in [0, 0.05) is 33.7 Å². The van der Waals surface area contributed by atoms with Crippen LogP contribution in [0.3, 0.4) is 0 Å². The molecule has 0 bridgehead atoms. The Morgan fingerprint density at radius 3 is 2.76 bits per heavy atom. The molecule has 1 aromatic heterocycles. The Morgan fingerprint density at radius 2 is 2.12 bits per heavy atom. The maximum Gasteiger partial charge on any atom is 0.275 e. The lowest BCUT2D eigenvalue weighted by atomic mass is 10.3. The van der Waals surface area contributed by atoms with E-state index in [-0.39, 0.29) is 5.91 Å². The molecular formula is C11H17ClN4O. The summed E-state index contributed by atoms with van der Waals surface area (Å²) in [4.78, 5) is 15.6. The van der Waals surface area contributed by atoms with Gasteiger partial charge in [-0.2, -0.15) is 5.10 Å². The van der Waals surface area contributed by atoms with Crippen LogP contribution in [0.1, 0.15) is 22.6 Å². The van der Waals surface area contributed by atoms with Crippen molar-refractivity contribution in [2.24, 2.45) is 0 Å². The van der Waals surface area contributed by atoms with Gasteiger partial charge >= 0.3 is 0 Å². The molecule has 0 unspecified atom stereocenters. The van der Waals surface area contributed by atoms with Gasteiger partial charge in [-0.05, 0) is 13.5 Å². The molecule has 17 heavy (non-hydrogen) atoms. The number of aromatic nitrogens is 2. The number of carbonyl (C=O) groups excluding carboxylic acids is 1. The third kappa shape index (κ3) is 2.30. The molecule has 0 aliphatic carbocycles. The lowest BCUT2D eigenvalue weighted by Gasteiger charge is -2.12. The van der Waals surface area contributed by atoms with Crippen LogP contribution >= 0.6 is 11.6 Å². The Balaban J connectivity index is 2.39. The molecule has 0 spiro atoms. The van der Waals surface area contributed by atoms with Crippen molar-refractivity contribution in [3.8, 4) is 0 Å². The summed E-state index contributed by atoms with van der Waals surface area (Å²) in [6.45, 7) is 2.59. The minimum atomic E-state index is -0.141. The Hall–Kier alpha value is -1.07. The van der Waals surface area contributed by atoms with Crippen molar-refractivity contribution in [1.82, 2.24) is 19.6 Å². The summed E-state index contributed by atoms with van der Waals surface area (Å²) in [6.07, 6.45) is 1.02.